The summed E-state index contributed by atoms with van der Waals surface area (Å²) >= 11 is 0. The Hall–Kier alpha value is -0.860. The van der Waals surface area contributed by atoms with Crippen LogP contribution in [0.5, 0.6) is 0 Å². The molecule has 1 aliphatic carbocycles. The molecule has 94 valence electrons. The highest BCUT2D eigenvalue weighted by Crippen LogP contribution is 2.36. The van der Waals surface area contributed by atoms with Crippen LogP contribution in [0.4, 0.5) is 0 Å². The summed E-state index contributed by atoms with van der Waals surface area (Å²) in [6.45, 7) is 4.37. The van der Waals surface area contributed by atoms with Crippen LogP contribution < -0.4 is 11.1 Å². The largest absolute Gasteiger partial charge is 0.323 e. The molecule has 0 aliphatic heterocycles. The topological polar surface area (TPSA) is 38.0 Å². The quantitative estimate of drug-likeness (QED) is 0.819. The number of nitrogens with two attached hydrogens (primary N) is 1. The smallest absolute Gasteiger partial charge is 0.0421 e. The molecule has 2 nitrogen and oxygen atoms in total. The average molecular weight is 232 g/mol. The number of rotatable bonds is 5. The predicted octanol–water partition coefficient (Wildman–Crippen LogP) is 2.86. The van der Waals surface area contributed by atoms with Crippen molar-refractivity contribution < 1.29 is 0 Å². The van der Waals surface area contributed by atoms with E-state index < -0.39 is 0 Å². The van der Waals surface area contributed by atoms with Crippen LogP contribution in [0.1, 0.15) is 44.2 Å². The third kappa shape index (κ3) is 3.55. The molecule has 2 rings (SSSR count). The number of benzene rings is 1. The van der Waals surface area contributed by atoms with Crippen molar-refractivity contribution in [1.82, 2.24) is 5.32 Å². The van der Waals surface area contributed by atoms with E-state index in [4.69, 9.17) is 5.73 Å². The summed E-state index contributed by atoms with van der Waals surface area (Å²) in [4.78, 5) is 0. The van der Waals surface area contributed by atoms with Gasteiger partial charge >= 0.3 is 0 Å². The molecule has 1 saturated carbocycles. The second-order valence-electron chi connectivity index (χ2n) is 5.67. The summed E-state index contributed by atoms with van der Waals surface area (Å²) in [5.74, 6) is 0. The minimum atomic E-state index is 0.112. The van der Waals surface area contributed by atoms with E-state index >= 15 is 0 Å². The van der Waals surface area contributed by atoms with Gasteiger partial charge in [0.1, 0.15) is 0 Å². The Morgan fingerprint density at radius 3 is 2.53 bits per heavy atom. The lowest BCUT2D eigenvalue weighted by Crippen LogP contribution is -2.34. The molecule has 1 atom stereocenters. The van der Waals surface area contributed by atoms with Crippen molar-refractivity contribution in [2.24, 2.45) is 11.1 Å². The molecule has 17 heavy (non-hydrogen) atoms. The summed E-state index contributed by atoms with van der Waals surface area (Å²) in [5, 5.41) is 3.54. The van der Waals surface area contributed by atoms with E-state index in [0.717, 1.165) is 13.1 Å². The maximum absolute atomic E-state index is 6.16. The first kappa shape index (κ1) is 12.6. The Labute approximate surface area is 105 Å². The highest BCUT2D eigenvalue weighted by atomic mass is 14.9. The molecule has 0 bridgehead atoms. The average Bonchev–Trinajstić information content (AvgIpc) is 2.77. The standard InChI is InChI=1S/C15H24N2/c1-15(9-5-6-10-15)12-17-11-14(16)13-7-3-2-4-8-13/h2-4,7-8,14,17H,5-6,9-12,16H2,1H3. The summed E-state index contributed by atoms with van der Waals surface area (Å²) in [6.07, 6.45) is 5.51. The molecule has 1 fully saturated rings. The van der Waals surface area contributed by atoms with Crippen molar-refractivity contribution in [2.75, 3.05) is 13.1 Å². The van der Waals surface area contributed by atoms with Crippen molar-refractivity contribution in [2.45, 2.75) is 38.6 Å². The van der Waals surface area contributed by atoms with Gasteiger partial charge in [-0.05, 0) is 23.8 Å². The van der Waals surface area contributed by atoms with E-state index in [1.807, 2.05) is 18.2 Å². The lowest BCUT2D eigenvalue weighted by Gasteiger charge is -2.25. The molecule has 1 aromatic carbocycles. The minimum absolute atomic E-state index is 0.112. The van der Waals surface area contributed by atoms with Crippen LogP contribution in [-0.2, 0) is 0 Å². The molecule has 0 heterocycles. The Morgan fingerprint density at radius 2 is 1.88 bits per heavy atom. The molecule has 3 N–H and O–H groups in total. The molecule has 0 saturated heterocycles. The zero-order chi connectivity index (χ0) is 12.1. The fraction of sp³-hybridized carbons (Fsp3) is 0.600. The van der Waals surface area contributed by atoms with Crippen LogP contribution >= 0.6 is 0 Å². The van der Waals surface area contributed by atoms with Crippen molar-refractivity contribution in [3.8, 4) is 0 Å². The first-order valence-corrected chi connectivity index (χ1v) is 6.71. The van der Waals surface area contributed by atoms with Gasteiger partial charge in [-0.1, -0.05) is 50.1 Å². The van der Waals surface area contributed by atoms with Crippen LogP contribution in [0, 0.1) is 5.41 Å². The van der Waals surface area contributed by atoms with Gasteiger partial charge in [-0.15, -0.1) is 0 Å². The van der Waals surface area contributed by atoms with E-state index in [0.29, 0.717) is 5.41 Å². The van der Waals surface area contributed by atoms with E-state index in [1.165, 1.54) is 31.2 Å². The van der Waals surface area contributed by atoms with Gasteiger partial charge in [-0.2, -0.15) is 0 Å². The maximum atomic E-state index is 6.16. The normalized spacial score (nSPS) is 20.4. The van der Waals surface area contributed by atoms with Gasteiger partial charge < -0.3 is 11.1 Å². The second kappa shape index (κ2) is 5.65. The summed E-state index contributed by atoms with van der Waals surface area (Å²) in [7, 11) is 0. The van der Waals surface area contributed by atoms with Crippen LogP contribution in [0.25, 0.3) is 0 Å². The van der Waals surface area contributed by atoms with Crippen molar-refractivity contribution in [3.05, 3.63) is 35.9 Å². The minimum Gasteiger partial charge on any atom is -0.323 e. The van der Waals surface area contributed by atoms with Crippen molar-refractivity contribution in [3.63, 3.8) is 0 Å². The summed E-state index contributed by atoms with van der Waals surface area (Å²) in [6, 6.07) is 10.4. The van der Waals surface area contributed by atoms with Gasteiger partial charge in [0.15, 0.2) is 0 Å². The van der Waals surface area contributed by atoms with E-state index in [2.05, 4.69) is 24.4 Å². The van der Waals surface area contributed by atoms with Gasteiger partial charge in [0.2, 0.25) is 0 Å². The molecule has 0 radical (unpaired) electrons. The molecule has 1 unspecified atom stereocenters. The molecule has 0 aromatic heterocycles. The van der Waals surface area contributed by atoms with E-state index in [9.17, 15) is 0 Å². The van der Waals surface area contributed by atoms with Crippen molar-refractivity contribution in [1.29, 1.82) is 0 Å². The fourth-order valence-electron chi connectivity index (χ4n) is 2.75. The molecule has 0 amide bonds. The first-order chi connectivity index (χ1) is 8.20. The third-order valence-corrected chi connectivity index (χ3v) is 3.95. The monoisotopic (exact) mass is 232 g/mol. The van der Waals surface area contributed by atoms with Gasteiger partial charge in [-0.25, -0.2) is 0 Å². The van der Waals surface area contributed by atoms with Crippen LogP contribution in [0.15, 0.2) is 30.3 Å². The van der Waals surface area contributed by atoms with E-state index in [-0.39, 0.29) is 6.04 Å². The van der Waals surface area contributed by atoms with Gasteiger partial charge in [0.25, 0.3) is 0 Å². The zero-order valence-electron chi connectivity index (χ0n) is 10.8. The van der Waals surface area contributed by atoms with Crippen LogP contribution in [-0.4, -0.2) is 13.1 Å². The van der Waals surface area contributed by atoms with Crippen molar-refractivity contribution >= 4 is 0 Å². The highest BCUT2D eigenvalue weighted by molar-refractivity contribution is 5.18. The van der Waals surface area contributed by atoms with Gasteiger partial charge in [0.05, 0.1) is 0 Å². The van der Waals surface area contributed by atoms with Gasteiger partial charge in [-0.3, -0.25) is 0 Å². The number of nitrogens with one attached hydrogen (secondary N) is 1. The Morgan fingerprint density at radius 1 is 1.24 bits per heavy atom. The summed E-state index contributed by atoms with van der Waals surface area (Å²) in [5.41, 5.74) is 7.89. The number of hydrogen-bond acceptors (Lipinski definition) is 2. The maximum Gasteiger partial charge on any atom is 0.0421 e. The van der Waals surface area contributed by atoms with E-state index in [1.54, 1.807) is 0 Å². The molecule has 2 heteroatoms. The Kier molecular flexibility index (Phi) is 4.19. The Bertz CT molecular complexity index is 328. The fourth-order valence-corrected chi connectivity index (χ4v) is 2.75. The zero-order valence-corrected chi connectivity index (χ0v) is 10.8. The lowest BCUT2D eigenvalue weighted by molar-refractivity contribution is 0.312. The molecular weight excluding hydrogens is 208 g/mol. The third-order valence-electron chi connectivity index (χ3n) is 3.95. The molecular formula is C15H24N2. The molecule has 1 aliphatic rings. The highest BCUT2D eigenvalue weighted by Gasteiger charge is 2.27. The first-order valence-electron chi connectivity index (χ1n) is 6.71. The lowest BCUT2D eigenvalue weighted by atomic mass is 9.89. The molecule has 0 spiro atoms. The SMILES string of the molecule is CC1(CNCC(N)c2ccccc2)CCCC1. The Balaban J connectivity index is 1.75. The predicted molar refractivity (Wildman–Crippen MR) is 72.8 cm³/mol. The van der Waals surface area contributed by atoms with Crippen LogP contribution in [0.2, 0.25) is 0 Å². The molecule has 1 aromatic rings. The second-order valence-corrected chi connectivity index (χ2v) is 5.67. The number of hydrogen-bond donors (Lipinski definition) is 2. The van der Waals surface area contributed by atoms with Crippen LogP contribution in [0.3, 0.4) is 0 Å². The van der Waals surface area contributed by atoms with Gasteiger partial charge in [0, 0.05) is 19.1 Å². The summed E-state index contributed by atoms with van der Waals surface area (Å²) < 4.78 is 0.